The van der Waals surface area contributed by atoms with Gasteiger partial charge in [-0.2, -0.15) is 0 Å². The standard InChI is InChI=1S/C25H29FN2O6/c1-25(2,3)34-24(30)28-14-17-6-8-19(26)21(22(17)33-15-28)16-5-7-18(23(29)31-4)20(13-16)27-9-11-32-12-10-27/h5-8,13H,9-12,14-15H2,1-4H3. The van der Waals surface area contributed by atoms with Crippen LogP contribution in [0, 0.1) is 5.82 Å². The molecule has 2 aliphatic heterocycles. The number of benzene rings is 2. The molecule has 182 valence electrons. The highest BCUT2D eigenvalue weighted by Crippen LogP contribution is 2.40. The van der Waals surface area contributed by atoms with E-state index in [1.807, 2.05) is 4.90 Å². The Morgan fingerprint density at radius 3 is 2.50 bits per heavy atom. The number of morpholine rings is 1. The maximum Gasteiger partial charge on any atom is 0.413 e. The summed E-state index contributed by atoms with van der Waals surface area (Å²) in [6, 6.07) is 8.06. The highest BCUT2D eigenvalue weighted by molar-refractivity contribution is 5.97. The smallest absolute Gasteiger partial charge is 0.413 e. The van der Waals surface area contributed by atoms with E-state index in [9.17, 15) is 9.59 Å². The van der Waals surface area contributed by atoms with Crippen LogP contribution in [0.1, 0.15) is 36.7 Å². The van der Waals surface area contributed by atoms with Crippen LogP contribution in [0.25, 0.3) is 11.1 Å². The number of anilines is 1. The van der Waals surface area contributed by atoms with Crippen molar-refractivity contribution in [1.82, 2.24) is 4.90 Å². The number of fused-ring (bicyclic) bond motifs is 1. The van der Waals surface area contributed by atoms with Crippen molar-refractivity contribution in [1.29, 1.82) is 0 Å². The highest BCUT2D eigenvalue weighted by Gasteiger charge is 2.30. The molecule has 8 nitrogen and oxygen atoms in total. The van der Waals surface area contributed by atoms with Crippen LogP contribution in [-0.2, 0) is 20.8 Å². The molecule has 0 aliphatic carbocycles. The van der Waals surface area contributed by atoms with Gasteiger partial charge in [0.2, 0.25) is 0 Å². The molecule has 1 fully saturated rings. The van der Waals surface area contributed by atoms with Gasteiger partial charge >= 0.3 is 12.1 Å². The monoisotopic (exact) mass is 472 g/mol. The molecule has 2 aliphatic rings. The van der Waals surface area contributed by atoms with Crippen molar-refractivity contribution in [3.8, 4) is 16.9 Å². The molecule has 2 aromatic rings. The third-order valence-electron chi connectivity index (χ3n) is 5.61. The molecule has 9 heteroatoms. The third-order valence-corrected chi connectivity index (χ3v) is 5.61. The second kappa shape index (κ2) is 9.50. The number of hydrogen-bond acceptors (Lipinski definition) is 7. The second-order valence-electron chi connectivity index (χ2n) is 9.19. The third kappa shape index (κ3) is 4.94. The molecule has 0 spiro atoms. The Bertz CT molecular complexity index is 1090. The van der Waals surface area contributed by atoms with Crippen molar-refractivity contribution in [2.24, 2.45) is 0 Å². The zero-order valence-electron chi connectivity index (χ0n) is 19.9. The molecule has 1 amide bonds. The van der Waals surface area contributed by atoms with Crippen LogP contribution in [0.4, 0.5) is 14.9 Å². The molecule has 2 aromatic carbocycles. The Balaban J connectivity index is 1.71. The maximum atomic E-state index is 15.1. The van der Waals surface area contributed by atoms with E-state index in [1.165, 1.54) is 18.1 Å². The van der Waals surface area contributed by atoms with Crippen molar-refractivity contribution in [3.05, 3.63) is 47.3 Å². The zero-order valence-corrected chi connectivity index (χ0v) is 19.9. The van der Waals surface area contributed by atoms with Gasteiger partial charge in [0.25, 0.3) is 0 Å². The van der Waals surface area contributed by atoms with Crippen molar-refractivity contribution < 1.29 is 32.9 Å². The van der Waals surface area contributed by atoms with Gasteiger partial charge in [-0.15, -0.1) is 0 Å². The van der Waals surface area contributed by atoms with E-state index in [-0.39, 0.29) is 18.8 Å². The average molecular weight is 473 g/mol. The Morgan fingerprint density at radius 2 is 1.82 bits per heavy atom. The maximum absolute atomic E-state index is 15.1. The van der Waals surface area contributed by atoms with Gasteiger partial charge in [0.15, 0.2) is 6.73 Å². The topological polar surface area (TPSA) is 77.5 Å². The van der Waals surface area contributed by atoms with Crippen LogP contribution < -0.4 is 9.64 Å². The predicted octanol–water partition coefficient (Wildman–Crippen LogP) is 4.20. The first-order valence-electron chi connectivity index (χ1n) is 11.2. The summed E-state index contributed by atoms with van der Waals surface area (Å²) in [7, 11) is 1.33. The first kappa shape index (κ1) is 23.8. The van der Waals surface area contributed by atoms with Gasteiger partial charge in [-0.05, 0) is 44.5 Å². The zero-order chi connectivity index (χ0) is 24.5. The molecule has 0 aromatic heterocycles. The Kier molecular flexibility index (Phi) is 6.65. The van der Waals surface area contributed by atoms with Crippen molar-refractivity contribution >= 4 is 17.7 Å². The lowest BCUT2D eigenvalue weighted by molar-refractivity contribution is 0.00243. The van der Waals surface area contributed by atoms with E-state index in [0.717, 1.165) is 0 Å². The van der Waals surface area contributed by atoms with Crippen LogP contribution in [-0.4, -0.2) is 62.7 Å². The van der Waals surface area contributed by atoms with E-state index in [4.69, 9.17) is 18.9 Å². The van der Waals surface area contributed by atoms with Crippen LogP contribution in [0.5, 0.6) is 5.75 Å². The fourth-order valence-corrected chi connectivity index (χ4v) is 4.03. The van der Waals surface area contributed by atoms with Gasteiger partial charge in [0.1, 0.15) is 17.2 Å². The second-order valence-corrected chi connectivity index (χ2v) is 9.19. The Hall–Kier alpha value is -3.33. The molecule has 0 N–H and O–H groups in total. The first-order chi connectivity index (χ1) is 16.2. The summed E-state index contributed by atoms with van der Waals surface area (Å²) >= 11 is 0. The van der Waals surface area contributed by atoms with Crippen LogP contribution in [0.3, 0.4) is 0 Å². The molecule has 0 unspecified atom stereocenters. The van der Waals surface area contributed by atoms with Gasteiger partial charge in [0, 0.05) is 18.7 Å². The minimum atomic E-state index is -0.636. The number of hydrogen-bond donors (Lipinski definition) is 0. The summed E-state index contributed by atoms with van der Waals surface area (Å²) < 4.78 is 36.8. The number of amides is 1. The van der Waals surface area contributed by atoms with E-state index < -0.39 is 23.5 Å². The van der Waals surface area contributed by atoms with Gasteiger partial charge in [-0.3, -0.25) is 4.90 Å². The fraction of sp³-hybridized carbons (Fsp3) is 0.440. The van der Waals surface area contributed by atoms with Crippen LogP contribution in [0.2, 0.25) is 0 Å². The number of methoxy groups -OCH3 is 1. The lowest BCUT2D eigenvalue weighted by Gasteiger charge is -2.32. The average Bonchev–Trinajstić information content (AvgIpc) is 2.82. The van der Waals surface area contributed by atoms with Crippen molar-refractivity contribution in [2.75, 3.05) is 45.0 Å². The molecular weight excluding hydrogens is 443 g/mol. The Labute approximate surface area is 198 Å². The van der Waals surface area contributed by atoms with Crippen LogP contribution >= 0.6 is 0 Å². The summed E-state index contributed by atoms with van der Waals surface area (Å²) in [5.41, 5.74) is 1.92. The lowest BCUT2D eigenvalue weighted by atomic mass is 9.97. The first-order valence-corrected chi connectivity index (χ1v) is 11.2. The molecule has 0 saturated carbocycles. The van der Waals surface area contributed by atoms with Gasteiger partial charge in [0.05, 0.1) is 43.7 Å². The molecule has 1 saturated heterocycles. The SMILES string of the molecule is COC(=O)c1ccc(-c2c(F)ccc3c2OCN(C(=O)OC(C)(C)C)C3)cc1N1CCOCC1. The van der Waals surface area contributed by atoms with Crippen molar-refractivity contribution in [2.45, 2.75) is 32.9 Å². The van der Waals surface area contributed by atoms with E-state index in [0.29, 0.717) is 54.4 Å². The summed E-state index contributed by atoms with van der Waals surface area (Å²) in [4.78, 5) is 28.3. The molecule has 4 rings (SSSR count). The van der Waals surface area contributed by atoms with E-state index in [1.54, 1.807) is 45.0 Å². The number of ether oxygens (including phenoxy) is 4. The number of carbonyl (C=O) groups is 2. The highest BCUT2D eigenvalue weighted by atomic mass is 19.1. The molecular formula is C25H29FN2O6. The summed E-state index contributed by atoms with van der Waals surface area (Å²) in [5, 5.41) is 0. The summed E-state index contributed by atoms with van der Waals surface area (Å²) in [5.74, 6) is -0.547. The fourth-order valence-electron chi connectivity index (χ4n) is 4.03. The predicted molar refractivity (Wildman–Crippen MR) is 123 cm³/mol. The largest absolute Gasteiger partial charge is 0.472 e. The Morgan fingerprint density at radius 1 is 1.09 bits per heavy atom. The number of halogens is 1. The quantitative estimate of drug-likeness (QED) is 0.620. The molecule has 0 bridgehead atoms. The van der Waals surface area contributed by atoms with Gasteiger partial charge in [-0.25, -0.2) is 14.0 Å². The number of nitrogens with zero attached hydrogens (tertiary/aromatic N) is 2. The van der Waals surface area contributed by atoms with Crippen molar-refractivity contribution in [3.63, 3.8) is 0 Å². The summed E-state index contributed by atoms with van der Waals surface area (Å²) in [6.07, 6.45) is -0.499. The summed E-state index contributed by atoms with van der Waals surface area (Å²) in [6.45, 7) is 7.81. The number of carbonyl (C=O) groups excluding carboxylic acids is 2. The number of rotatable bonds is 3. The molecule has 34 heavy (non-hydrogen) atoms. The molecule has 0 atom stereocenters. The molecule has 0 radical (unpaired) electrons. The van der Waals surface area contributed by atoms with Crippen LogP contribution in [0.15, 0.2) is 30.3 Å². The van der Waals surface area contributed by atoms with E-state index in [2.05, 4.69) is 0 Å². The normalized spacial score (nSPS) is 15.9. The van der Waals surface area contributed by atoms with Gasteiger partial charge < -0.3 is 23.8 Å². The van der Waals surface area contributed by atoms with E-state index >= 15 is 4.39 Å². The lowest BCUT2D eigenvalue weighted by Crippen LogP contribution is -2.41. The minimum Gasteiger partial charge on any atom is -0.472 e. The number of esters is 1. The van der Waals surface area contributed by atoms with Gasteiger partial charge in [-0.1, -0.05) is 12.1 Å². The molecule has 2 heterocycles. The minimum absolute atomic E-state index is 0.0606.